The molecule has 9 heteroatoms. The number of ether oxygens (including phenoxy) is 1. The molecule has 0 aliphatic rings. The second-order valence-electron chi connectivity index (χ2n) is 7.08. The predicted molar refractivity (Wildman–Crippen MR) is 135 cm³/mol. The van der Waals surface area contributed by atoms with Crippen molar-refractivity contribution in [3.05, 3.63) is 88.7 Å². The van der Waals surface area contributed by atoms with Crippen LogP contribution in [0.3, 0.4) is 0 Å². The number of thiophene rings is 1. The Morgan fingerprint density at radius 3 is 2.38 bits per heavy atom. The number of carbonyl (C=O) groups excluding carboxylic acids is 2. The van der Waals surface area contributed by atoms with Crippen LogP contribution >= 0.6 is 23.1 Å². The number of H-pyrrole nitrogens is 1. The van der Waals surface area contributed by atoms with E-state index in [1.807, 2.05) is 60.7 Å². The van der Waals surface area contributed by atoms with E-state index in [1.165, 1.54) is 17.4 Å². The van der Waals surface area contributed by atoms with Crippen LogP contribution in [0.5, 0.6) is 0 Å². The summed E-state index contributed by atoms with van der Waals surface area (Å²) in [5, 5.41) is 3.56. The maximum absolute atomic E-state index is 12.7. The van der Waals surface area contributed by atoms with Crippen molar-refractivity contribution in [3.63, 3.8) is 0 Å². The molecular weight excluding hydrogens is 470 g/mol. The normalized spacial score (nSPS) is 10.6. The van der Waals surface area contributed by atoms with Gasteiger partial charge in [-0.05, 0) is 18.6 Å². The van der Waals surface area contributed by atoms with Gasteiger partial charge in [0.25, 0.3) is 5.56 Å². The third-order valence-electron chi connectivity index (χ3n) is 4.67. The number of amides is 1. The summed E-state index contributed by atoms with van der Waals surface area (Å²) in [7, 11) is 0. The molecule has 0 aliphatic heterocycles. The average molecular weight is 492 g/mol. The van der Waals surface area contributed by atoms with Crippen molar-refractivity contribution in [1.29, 1.82) is 0 Å². The van der Waals surface area contributed by atoms with Crippen molar-refractivity contribution in [2.75, 3.05) is 17.7 Å². The van der Waals surface area contributed by atoms with Crippen molar-refractivity contribution in [2.24, 2.45) is 0 Å². The van der Waals surface area contributed by atoms with E-state index in [0.29, 0.717) is 21.4 Å². The van der Waals surface area contributed by atoms with E-state index in [4.69, 9.17) is 4.74 Å². The lowest BCUT2D eigenvalue weighted by molar-refractivity contribution is -0.113. The molecule has 2 heterocycles. The molecule has 0 atom stereocenters. The molecule has 4 aromatic rings. The molecule has 0 spiro atoms. The summed E-state index contributed by atoms with van der Waals surface area (Å²) in [4.78, 5) is 45.2. The molecule has 7 nitrogen and oxygen atoms in total. The van der Waals surface area contributed by atoms with E-state index < -0.39 is 5.97 Å². The Morgan fingerprint density at radius 2 is 1.71 bits per heavy atom. The summed E-state index contributed by atoms with van der Waals surface area (Å²) in [5.41, 5.74) is 2.29. The van der Waals surface area contributed by atoms with Crippen LogP contribution in [0.1, 0.15) is 17.3 Å². The minimum absolute atomic E-state index is 0.00200. The monoisotopic (exact) mass is 491 g/mol. The summed E-state index contributed by atoms with van der Waals surface area (Å²) in [6.07, 6.45) is 0. The van der Waals surface area contributed by atoms with Gasteiger partial charge in [0.1, 0.15) is 5.00 Å². The van der Waals surface area contributed by atoms with Gasteiger partial charge in [0.2, 0.25) is 5.91 Å². The molecule has 0 unspecified atom stereocenters. The molecular formula is C25H21N3O4S2. The van der Waals surface area contributed by atoms with Crippen molar-refractivity contribution in [3.8, 4) is 21.7 Å². The Bertz CT molecular complexity index is 1350. The number of rotatable bonds is 8. The molecule has 0 radical (unpaired) electrons. The van der Waals surface area contributed by atoms with E-state index in [2.05, 4.69) is 15.3 Å². The smallest absolute Gasteiger partial charge is 0.341 e. The van der Waals surface area contributed by atoms with Crippen LogP contribution in [0.2, 0.25) is 0 Å². The van der Waals surface area contributed by atoms with Crippen LogP contribution in [0.25, 0.3) is 21.7 Å². The Hall–Kier alpha value is -3.69. The third-order valence-corrected chi connectivity index (χ3v) is 6.64. The topological polar surface area (TPSA) is 101 Å². The van der Waals surface area contributed by atoms with Gasteiger partial charge in [-0.25, -0.2) is 9.78 Å². The first-order chi connectivity index (χ1) is 16.5. The molecule has 0 saturated carbocycles. The Morgan fingerprint density at radius 1 is 1.03 bits per heavy atom. The number of hydrogen-bond donors (Lipinski definition) is 2. The predicted octanol–water partition coefficient (Wildman–Crippen LogP) is 5.07. The number of carbonyl (C=O) groups is 2. The fourth-order valence-corrected chi connectivity index (χ4v) is 4.89. The number of aromatic amines is 1. The highest BCUT2D eigenvalue weighted by Gasteiger charge is 2.20. The summed E-state index contributed by atoms with van der Waals surface area (Å²) >= 11 is 2.41. The first-order valence-corrected chi connectivity index (χ1v) is 12.3. The van der Waals surface area contributed by atoms with E-state index >= 15 is 0 Å². The number of aromatic nitrogens is 2. The SMILES string of the molecule is CCOC(=O)c1cc(-c2ccccc2)sc1NC(=O)CSc1nc(-c2ccccc2)cc(=O)[nH]1. The summed E-state index contributed by atoms with van der Waals surface area (Å²) < 4.78 is 5.16. The van der Waals surface area contributed by atoms with Gasteiger partial charge < -0.3 is 15.0 Å². The fraction of sp³-hybridized carbons (Fsp3) is 0.120. The Kier molecular flexibility index (Phi) is 7.56. The molecule has 0 fully saturated rings. The van der Waals surface area contributed by atoms with Crippen molar-refractivity contribution < 1.29 is 14.3 Å². The Balaban J connectivity index is 1.50. The van der Waals surface area contributed by atoms with Gasteiger partial charge in [-0.15, -0.1) is 11.3 Å². The second-order valence-corrected chi connectivity index (χ2v) is 9.09. The summed E-state index contributed by atoms with van der Waals surface area (Å²) in [6, 6.07) is 22.1. The number of anilines is 1. The van der Waals surface area contributed by atoms with Gasteiger partial charge in [-0.2, -0.15) is 0 Å². The van der Waals surface area contributed by atoms with E-state index in [-0.39, 0.29) is 23.8 Å². The summed E-state index contributed by atoms with van der Waals surface area (Å²) in [6.45, 7) is 1.96. The molecule has 0 saturated heterocycles. The molecule has 2 N–H and O–H groups in total. The molecule has 1 amide bonds. The van der Waals surface area contributed by atoms with Crippen molar-refractivity contribution in [2.45, 2.75) is 12.1 Å². The zero-order chi connectivity index (χ0) is 23.9. The minimum atomic E-state index is -0.495. The standard InChI is InChI=1S/C25H21N3O4S2/c1-2-32-24(31)18-13-20(17-11-7-4-8-12-17)34-23(18)27-22(30)15-33-25-26-19(14-21(29)28-25)16-9-5-3-6-10-16/h3-14H,2,15H2,1H3,(H,27,30)(H,26,28,29). The van der Waals surface area contributed by atoms with Crippen LogP contribution in [0, 0.1) is 0 Å². The number of nitrogens with zero attached hydrogens (tertiary/aromatic N) is 1. The minimum Gasteiger partial charge on any atom is -0.462 e. The lowest BCUT2D eigenvalue weighted by atomic mass is 10.1. The maximum atomic E-state index is 12.7. The lowest BCUT2D eigenvalue weighted by Crippen LogP contribution is -2.17. The van der Waals surface area contributed by atoms with Crippen LogP contribution in [-0.4, -0.2) is 34.2 Å². The van der Waals surface area contributed by atoms with Crippen LogP contribution in [-0.2, 0) is 9.53 Å². The highest BCUT2D eigenvalue weighted by Crippen LogP contribution is 2.36. The highest BCUT2D eigenvalue weighted by molar-refractivity contribution is 7.99. The van der Waals surface area contributed by atoms with E-state index in [0.717, 1.165) is 27.8 Å². The first-order valence-electron chi connectivity index (χ1n) is 10.5. The Labute approximate surface area is 204 Å². The number of benzene rings is 2. The summed E-state index contributed by atoms with van der Waals surface area (Å²) in [5.74, 6) is -0.822. The van der Waals surface area contributed by atoms with Gasteiger partial charge >= 0.3 is 5.97 Å². The second kappa shape index (κ2) is 11.0. The van der Waals surface area contributed by atoms with Gasteiger partial charge in [-0.1, -0.05) is 72.4 Å². The van der Waals surface area contributed by atoms with Crippen molar-refractivity contribution in [1.82, 2.24) is 9.97 Å². The van der Waals surface area contributed by atoms with Gasteiger partial charge in [0.15, 0.2) is 5.16 Å². The molecule has 2 aromatic heterocycles. The highest BCUT2D eigenvalue weighted by atomic mass is 32.2. The van der Waals surface area contributed by atoms with Crippen LogP contribution < -0.4 is 10.9 Å². The quantitative estimate of drug-likeness (QED) is 0.203. The molecule has 0 aliphatic carbocycles. The zero-order valence-corrected chi connectivity index (χ0v) is 19.9. The number of nitrogens with one attached hydrogen (secondary N) is 2. The largest absolute Gasteiger partial charge is 0.462 e. The zero-order valence-electron chi connectivity index (χ0n) is 18.2. The van der Waals surface area contributed by atoms with Gasteiger partial charge in [0.05, 0.1) is 23.6 Å². The van der Waals surface area contributed by atoms with Gasteiger partial charge in [-0.3, -0.25) is 9.59 Å². The van der Waals surface area contributed by atoms with E-state index in [1.54, 1.807) is 13.0 Å². The number of esters is 1. The van der Waals surface area contributed by atoms with E-state index in [9.17, 15) is 14.4 Å². The molecule has 4 rings (SSSR count). The third kappa shape index (κ3) is 5.81. The lowest BCUT2D eigenvalue weighted by Gasteiger charge is -2.07. The van der Waals surface area contributed by atoms with Crippen LogP contribution in [0.15, 0.2) is 82.7 Å². The first kappa shape index (κ1) is 23.5. The maximum Gasteiger partial charge on any atom is 0.341 e. The molecule has 172 valence electrons. The van der Waals surface area contributed by atoms with Crippen LogP contribution in [0.4, 0.5) is 5.00 Å². The van der Waals surface area contributed by atoms with Gasteiger partial charge in [0, 0.05) is 16.5 Å². The number of hydrogen-bond acceptors (Lipinski definition) is 7. The molecule has 34 heavy (non-hydrogen) atoms. The molecule has 0 bridgehead atoms. The van der Waals surface area contributed by atoms with Crippen molar-refractivity contribution >= 4 is 40.0 Å². The number of thioether (sulfide) groups is 1. The fourth-order valence-electron chi connectivity index (χ4n) is 3.15. The molecule has 2 aromatic carbocycles. The average Bonchev–Trinajstić information content (AvgIpc) is 3.27.